The number of aromatic nitrogens is 1. The molecule has 0 saturated carbocycles. The summed E-state index contributed by atoms with van der Waals surface area (Å²) in [6, 6.07) is 9.89. The molecule has 0 saturated heterocycles. The topological polar surface area (TPSA) is 76.4 Å². The van der Waals surface area contributed by atoms with E-state index in [0.29, 0.717) is 18.4 Å². The van der Waals surface area contributed by atoms with Crippen molar-refractivity contribution >= 4 is 11.6 Å². The van der Waals surface area contributed by atoms with E-state index >= 15 is 0 Å². The Labute approximate surface area is 112 Å². The van der Waals surface area contributed by atoms with Crippen molar-refractivity contribution in [1.29, 1.82) is 0 Å². The van der Waals surface area contributed by atoms with Crippen LogP contribution in [-0.4, -0.2) is 11.1 Å². The van der Waals surface area contributed by atoms with E-state index in [2.05, 4.69) is 41.4 Å². The highest BCUT2D eigenvalue weighted by Gasteiger charge is 2.01. The Hall–Kier alpha value is -2.30. The molecule has 0 radical (unpaired) electrons. The lowest BCUT2D eigenvalue weighted by Crippen LogP contribution is -2.22. The lowest BCUT2D eigenvalue weighted by Gasteiger charge is -2.09. The van der Waals surface area contributed by atoms with E-state index in [-0.39, 0.29) is 0 Å². The maximum absolute atomic E-state index is 5.83. The largest absolute Gasteiger partial charge is 0.370 e. The molecule has 0 atom stereocenters. The van der Waals surface area contributed by atoms with Gasteiger partial charge in [0.1, 0.15) is 12.0 Å². The first-order valence-electron chi connectivity index (χ1n) is 6.21. The van der Waals surface area contributed by atoms with E-state index in [1.165, 1.54) is 11.8 Å². The van der Waals surface area contributed by atoms with Gasteiger partial charge in [-0.15, -0.1) is 0 Å². The van der Waals surface area contributed by atoms with Crippen molar-refractivity contribution in [2.24, 2.45) is 10.7 Å². The highest BCUT2D eigenvalue weighted by atomic mass is 16.5. The molecule has 2 rings (SSSR count). The van der Waals surface area contributed by atoms with Crippen LogP contribution in [0.25, 0.3) is 0 Å². The molecule has 1 aromatic heterocycles. The molecule has 0 aliphatic carbocycles. The number of benzene rings is 1. The molecule has 1 aromatic carbocycles. The summed E-state index contributed by atoms with van der Waals surface area (Å²) in [5.41, 5.74) is 8.78. The second-order valence-electron chi connectivity index (χ2n) is 4.60. The van der Waals surface area contributed by atoms with Crippen molar-refractivity contribution in [2.75, 3.05) is 5.32 Å². The van der Waals surface area contributed by atoms with Crippen LogP contribution in [0.5, 0.6) is 0 Å². The van der Waals surface area contributed by atoms with E-state index in [0.717, 1.165) is 11.4 Å². The lowest BCUT2D eigenvalue weighted by molar-refractivity contribution is 0.412. The van der Waals surface area contributed by atoms with Gasteiger partial charge in [0.15, 0.2) is 5.96 Å². The first kappa shape index (κ1) is 13.1. The average molecular weight is 258 g/mol. The molecule has 2 aromatic rings. The van der Waals surface area contributed by atoms with Gasteiger partial charge in [0.2, 0.25) is 0 Å². The number of guanidine groups is 1. The van der Waals surface area contributed by atoms with Crippen LogP contribution >= 0.6 is 0 Å². The van der Waals surface area contributed by atoms with Crippen molar-refractivity contribution in [3.8, 4) is 0 Å². The van der Waals surface area contributed by atoms with Crippen LogP contribution in [0.2, 0.25) is 0 Å². The molecule has 100 valence electrons. The number of hydrogen-bond donors (Lipinski definition) is 2. The maximum Gasteiger partial charge on any atom is 0.193 e. The summed E-state index contributed by atoms with van der Waals surface area (Å²) in [5.74, 6) is 0.846. The lowest BCUT2D eigenvalue weighted by atomic mass is 10.0. The molecule has 0 aliphatic rings. The molecule has 0 fully saturated rings. The highest BCUT2D eigenvalue weighted by Crippen LogP contribution is 2.18. The molecule has 5 heteroatoms. The quantitative estimate of drug-likeness (QED) is 0.653. The molecule has 19 heavy (non-hydrogen) atoms. The molecule has 0 unspecified atom stereocenters. The summed E-state index contributed by atoms with van der Waals surface area (Å²) in [6.45, 7) is 4.71. The van der Waals surface area contributed by atoms with Gasteiger partial charge in [-0.1, -0.05) is 31.1 Å². The van der Waals surface area contributed by atoms with Crippen molar-refractivity contribution in [2.45, 2.75) is 26.3 Å². The van der Waals surface area contributed by atoms with Gasteiger partial charge in [0, 0.05) is 11.8 Å². The number of nitrogens with two attached hydrogens (primary N) is 1. The molecule has 3 N–H and O–H groups in total. The Morgan fingerprint density at radius 2 is 2.26 bits per heavy atom. The molecule has 0 spiro atoms. The SMILES string of the molecule is CC(C)c1cccc(NC(N)=NCc2ccon2)c1. The van der Waals surface area contributed by atoms with Crippen LogP contribution in [0.4, 0.5) is 5.69 Å². The smallest absolute Gasteiger partial charge is 0.193 e. The van der Waals surface area contributed by atoms with E-state index < -0.39 is 0 Å². The van der Waals surface area contributed by atoms with Crippen molar-refractivity contribution in [1.82, 2.24) is 5.16 Å². The standard InChI is InChI=1S/C14H18N4O/c1-10(2)11-4-3-5-12(8-11)17-14(15)16-9-13-6-7-19-18-13/h3-8,10H,9H2,1-2H3,(H3,15,16,17). The summed E-state index contributed by atoms with van der Waals surface area (Å²) >= 11 is 0. The first-order valence-corrected chi connectivity index (χ1v) is 6.21. The summed E-state index contributed by atoms with van der Waals surface area (Å²) < 4.78 is 4.73. The Bertz CT molecular complexity index is 546. The summed E-state index contributed by atoms with van der Waals surface area (Å²) in [7, 11) is 0. The first-order chi connectivity index (χ1) is 9.15. The van der Waals surface area contributed by atoms with Crippen LogP contribution < -0.4 is 11.1 Å². The van der Waals surface area contributed by atoms with Crippen LogP contribution in [0, 0.1) is 0 Å². The van der Waals surface area contributed by atoms with Gasteiger partial charge >= 0.3 is 0 Å². The summed E-state index contributed by atoms with van der Waals surface area (Å²) in [6.07, 6.45) is 1.51. The highest BCUT2D eigenvalue weighted by molar-refractivity contribution is 5.92. The van der Waals surface area contributed by atoms with Crippen LogP contribution in [0.3, 0.4) is 0 Å². The van der Waals surface area contributed by atoms with Crippen LogP contribution in [0.15, 0.2) is 46.1 Å². The third kappa shape index (κ3) is 3.84. The molecule has 5 nitrogen and oxygen atoms in total. The second kappa shape index (κ2) is 6.04. The normalized spacial score (nSPS) is 11.8. The number of hydrogen-bond acceptors (Lipinski definition) is 3. The Kier molecular flexibility index (Phi) is 4.18. The van der Waals surface area contributed by atoms with Gasteiger partial charge in [-0.3, -0.25) is 0 Å². The Balaban J connectivity index is 2.00. The predicted octanol–water partition coefficient (Wildman–Crippen LogP) is 2.72. The van der Waals surface area contributed by atoms with Crippen LogP contribution in [-0.2, 0) is 6.54 Å². The van der Waals surface area contributed by atoms with Crippen molar-refractivity contribution in [3.05, 3.63) is 47.9 Å². The molecule has 0 bridgehead atoms. The maximum atomic E-state index is 5.83. The van der Waals surface area contributed by atoms with Gasteiger partial charge in [-0.05, 0) is 23.6 Å². The number of nitrogens with one attached hydrogen (secondary N) is 1. The van der Waals surface area contributed by atoms with Crippen LogP contribution in [0.1, 0.15) is 31.0 Å². The molecular formula is C14H18N4O. The number of nitrogens with zero attached hydrogens (tertiary/aromatic N) is 2. The van der Waals surface area contributed by atoms with E-state index in [9.17, 15) is 0 Å². The fourth-order valence-corrected chi connectivity index (χ4v) is 1.65. The zero-order valence-electron chi connectivity index (χ0n) is 11.1. The van der Waals surface area contributed by atoms with E-state index in [1.807, 2.05) is 12.1 Å². The zero-order chi connectivity index (χ0) is 13.7. The number of rotatable bonds is 4. The minimum absolute atomic E-state index is 0.365. The van der Waals surface area contributed by atoms with Gasteiger partial charge < -0.3 is 15.6 Å². The third-order valence-corrected chi connectivity index (χ3v) is 2.73. The van der Waals surface area contributed by atoms with Crippen molar-refractivity contribution in [3.63, 3.8) is 0 Å². The zero-order valence-corrected chi connectivity index (χ0v) is 11.1. The van der Waals surface area contributed by atoms with E-state index in [1.54, 1.807) is 6.07 Å². The number of aliphatic imine (C=N–C) groups is 1. The third-order valence-electron chi connectivity index (χ3n) is 2.73. The Morgan fingerprint density at radius 1 is 1.42 bits per heavy atom. The fraction of sp³-hybridized carbons (Fsp3) is 0.286. The van der Waals surface area contributed by atoms with Gasteiger partial charge in [-0.25, -0.2) is 4.99 Å². The second-order valence-corrected chi connectivity index (χ2v) is 4.60. The molecule has 0 aliphatic heterocycles. The number of anilines is 1. The predicted molar refractivity (Wildman–Crippen MR) is 76.0 cm³/mol. The minimum atomic E-state index is 0.365. The van der Waals surface area contributed by atoms with E-state index in [4.69, 9.17) is 10.3 Å². The van der Waals surface area contributed by atoms with Gasteiger partial charge in [-0.2, -0.15) is 0 Å². The molecular weight excluding hydrogens is 240 g/mol. The monoisotopic (exact) mass is 258 g/mol. The van der Waals surface area contributed by atoms with Gasteiger partial charge in [0.25, 0.3) is 0 Å². The Morgan fingerprint density at radius 3 is 2.95 bits per heavy atom. The molecule has 1 heterocycles. The summed E-state index contributed by atoms with van der Waals surface area (Å²) in [5, 5.41) is 6.84. The van der Waals surface area contributed by atoms with Gasteiger partial charge in [0.05, 0.1) is 6.54 Å². The summed E-state index contributed by atoms with van der Waals surface area (Å²) in [4.78, 5) is 4.20. The average Bonchev–Trinajstić information content (AvgIpc) is 2.90. The fourth-order valence-electron chi connectivity index (χ4n) is 1.65. The van der Waals surface area contributed by atoms with Crippen molar-refractivity contribution < 1.29 is 4.52 Å². The minimum Gasteiger partial charge on any atom is -0.370 e. The molecule has 0 amide bonds.